The Kier molecular flexibility index (Phi) is 143. The van der Waals surface area contributed by atoms with Gasteiger partial charge in [0, 0.05) is 35.3 Å². The van der Waals surface area contributed by atoms with Crippen molar-refractivity contribution in [3.63, 3.8) is 0 Å². The second-order valence-electron chi connectivity index (χ2n) is 0. The van der Waals surface area contributed by atoms with Gasteiger partial charge in [-0.05, 0) is 0 Å². The molecule has 7 radical (unpaired) electrons. The molecule has 0 fully saturated rings. The summed E-state index contributed by atoms with van der Waals surface area (Å²) >= 11 is 0. The first-order chi connectivity index (χ1) is 1.00. The topological polar surface area (TPSA) is 17.1 Å². The van der Waals surface area contributed by atoms with E-state index in [1.54, 1.807) is 0 Å². The van der Waals surface area contributed by atoms with Crippen molar-refractivity contribution in [1.29, 1.82) is 0 Å². The first kappa shape index (κ1) is 19.0. The van der Waals surface area contributed by atoms with Gasteiger partial charge in [0.25, 0.3) is 9.12 Å². The molecular formula is AlAsOP. The smallest absolute Gasteiger partial charge is 0.261 e. The van der Waals surface area contributed by atoms with Crippen LogP contribution < -0.4 is 0 Å². The van der Waals surface area contributed by atoms with E-state index in [-0.39, 0.29) is 35.3 Å². The Morgan fingerprint density at radius 3 is 1.25 bits per heavy atom. The Hall–Kier alpha value is 1.19. The maximum atomic E-state index is 7.94. The van der Waals surface area contributed by atoms with Crippen LogP contribution in [0.4, 0.5) is 0 Å². The van der Waals surface area contributed by atoms with Gasteiger partial charge in [-0.15, -0.1) is 0 Å². The van der Waals surface area contributed by atoms with Crippen LogP contribution in [0.2, 0.25) is 0 Å². The van der Waals surface area contributed by atoms with Crippen molar-refractivity contribution in [3.05, 3.63) is 0 Å². The summed E-state index contributed by atoms with van der Waals surface area (Å²) in [6.45, 7) is 0. The number of hydrogen-bond donors (Lipinski definition) is 0. The predicted molar refractivity (Wildman–Crippen MR) is 19.1 cm³/mol. The van der Waals surface area contributed by atoms with E-state index < -0.39 is 0 Å². The largest absolute Gasteiger partial charge is 0.261 e. The standard InChI is InChI=1S/Al.As.OP/c;;1-2. The van der Waals surface area contributed by atoms with Gasteiger partial charge in [-0.3, -0.25) is 4.57 Å². The van der Waals surface area contributed by atoms with Gasteiger partial charge < -0.3 is 0 Å². The maximum Gasteiger partial charge on any atom is 0.261 e. The monoisotopic (exact) mass is 149 g/mol. The molecule has 0 atom stereocenters. The summed E-state index contributed by atoms with van der Waals surface area (Å²) < 4.78 is 7.94. The predicted octanol–water partition coefficient (Wildman–Crippen LogP) is -0.0192. The van der Waals surface area contributed by atoms with Crippen molar-refractivity contribution in [3.8, 4) is 0 Å². The van der Waals surface area contributed by atoms with Crippen LogP contribution in [0.15, 0.2) is 0 Å². The first-order valence-corrected chi connectivity index (χ1v) is 0.548. The molecule has 0 aromatic rings. The summed E-state index contributed by atoms with van der Waals surface area (Å²) in [4.78, 5) is 0. The summed E-state index contributed by atoms with van der Waals surface area (Å²) in [6.07, 6.45) is 0. The molecule has 4 heavy (non-hydrogen) atoms. The van der Waals surface area contributed by atoms with Crippen LogP contribution in [0.25, 0.3) is 0 Å². The molecular weight excluding hydrogens is 149 g/mol. The van der Waals surface area contributed by atoms with Gasteiger partial charge in [0.15, 0.2) is 0 Å². The third kappa shape index (κ3) is 10.8. The molecule has 0 N–H and O–H groups in total. The van der Waals surface area contributed by atoms with E-state index in [0.717, 1.165) is 0 Å². The fourth-order valence-corrected chi connectivity index (χ4v) is 0. The molecule has 0 aromatic heterocycles. The van der Waals surface area contributed by atoms with Crippen LogP contribution >= 0.6 is 9.12 Å². The van der Waals surface area contributed by atoms with Gasteiger partial charge in [0.1, 0.15) is 0 Å². The minimum atomic E-state index is 0. The van der Waals surface area contributed by atoms with E-state index in [0.29, 0.717) is 0 Å². The van der Waals surface area contributed by atoms with E-state index in [2.05, 4.69) is 9.12 Å². The molecule has 0 aliphatic carbocycles. The van der Waals surface area contributed by atoms with E-state index in [1.165, 1.54) is 0 Å². The minimum Gasteiger partial charge on any atom is -0.261 e. The van der Waals surface area contributed by atoms with E-state index >= 15 is 0 Å². The van der Waals surface area contributed by atoms with Gasteiger partial charge in [-0.25, -0.2) is 0 Å². The second-order valence-corrected chi connectivity index (χ2v) is 0. The fraction of sp³-hybridized carbons (Fsp3) is 0. The van der Waals surface area contributed by atoms with E-state index in [4.69, 9.17) is 4.57 Å². The van der Waals surface area contributed by atoms with Gasteiger partial charge in [0.2, 0.25) is 0 Å². The average Bonchev–Trinajstić information content (AvgIpc) is 1.00. The zero-order valence-corrected chi connectivity index (χ0v) is 5.81. The quantitative estimate of drug-likeness (QED) is 0.349. The Bertz CT molecular complexity index is 8.00. The zero-order valence-electron chi connectivity index (χ0n) is 1.88. The molecule has 0 unspecified atom stereocenters. The van der Waals surface area contributed by atoms with Crippen molar-refractivity contribution in [2.75, 3.05) is 0 Å². The normalized spacial score (nSPS) is 1.00. The van der Waals surface area contributed by atoms with Crippen molar-refractivity contribution in [2.45, 2.75) is 0 Å². The molecule has 0 amide bonds. The summed E-state index contributed by atoms with van der Waals surface area (Å²) in [6, 6.07) is 0. The summed E-state index contributed by atoms with van der Waals surface area (Å²) in [5.41, 5.74) is 0. The fourth-order valence-electron chi connectivity index (χ4n) is 0. The first-order valence-electron chi connectivity index (χ1n) is 0.183. The van der Waals surface area contributed by atoms with Crippen LogP contribution in [-0.2, 0) is 4.57 Å². The molecule has 0 heterocycles. The molecule has 0 saturated carbocycles. The van der Waals surface area contributed by atoms with Crippen LogP contribution in [0.1, 0.15) is 0 Å². The van der Waals surface area contributed by atoms with Crippen molar-refractivity contribution in [2.24, 2.45) is 0 Å². The zero-order chi connectivity index (χ0) is 2.00. The Morgan fingerprint density at radius 2 is 1.25 bits per heavy atom. The molecule has 0 bridgehead atoms. The molecule has 0 rings (SSSR count). The second kappa shape index (κ2) is 30.1. The van der Waals surface area contributed by atoms with E-state index in [1.807, 2.05) is 0 Å². The maximum absolute atomic E-state index is 7.94. The molecule has 0 saturated heterocycles. The SMILES string of the molecule is O=[P].[Al].[As]. The van der Waals surface area contributed by atoms with Crippen molar-refractivity contribution in [1.82, 2.24) is 0 Å². The molecule has 0 spiro atoms. The number of hydrogen-bond acceptors (Lipinski definition) is 1. The molecule has 0 aromatic carbocycles. The van der Waals surface area contributed by atoms with Gasteiger partial charge in [0.05, 0.1) is 0 Å². The molecule has 0 aliphatic rings. The van der Waals surface area contributed by atoms with Gasteiger partial charge in [-0.2, -0.15) is 0 Å². The molecule has 4 heteroatoms. The van der Waals surface area contributed by atoms with Crippen molar-refractivity contribution < 1.29 is 4.57 Å². The average molecular weight is 149 g/mol. The van der Waals surface area contributed by atoms with E-state index in [9.17, 15) is 0 Å². The Labute approximate surface area is 49.2 Å². The van der Waals surface area contributed by atoms with Crippen molar-refractivity contribution >= 4 is 44.4 Å². The van der Waals surface area contributed by atoms with Crippen LogP contribution in [-0.4, -0.2) is 35.3 Å². The summed E-state index contributed by atoms with van der Waals surface area (Å²) in [7, 11) is 2.28. The van der Waals surface area contributed by atoms with Gasteiger partial charge >= 0.3 is 0 Å². The molecule has 1 nitrogen and oxygen atoms in total. The summed E-state index contributed by atoms with van der Waals surface area (Å²) in [5, 5.41) is 0. The third-order valence-electron chi connectivity index (χ3n) is 0. The Morgan fingerprint density at radius 1 is 1.25 bits per heavy atom. The van der Waals surface area contributed by atoms with Gasteiger partial charge in [-0.1, -0.05) is 0 Å². The third-order valence-corrected chi connectivity index (χ3v) is 0. The molecule has 19 valence electrons. The molecule has 0 aliphatic heterocycles. The van der Waals surface area contributed by atoms with Crippen LogP contribution in [0.5, 0.6) is 0 Å². The van der Waals surface area contributed by atoms with Crippen LogP contribution in [0.3, 0.4) is 0 Å². The minimum absolute atomic E-state index is 0. The summed E-state index contributed by atoms with van der Waals surface area (Å²) in [5.74, 6) is 0. The van der Waals surface area contributed by atoms with Crippen LogP contribution in [0, 0.1) is 0 Å². The number of rotatable bonds is 0. The Balaban J connectivity index is -0.00000000500.